The zero-order chi connectivity index (χ0) is 25.8. The van der Waals surface area contributed by atoms with Crippen molar-refractivity contribution in [1.29, 1.82) is 0 Å². The van der Waals surface area contributed by atoms with E-state index in [-0.39, 0.29) is 25.3 Å². The van der Waals surface area contributed by atoms with Crippen LogP contribution in [0.4, 0.5) is 11.6 Å². The fourth-order valence-electron chi connectivity index (χ4n) is 4.39. The van der Waals surface area contributed by atoms with E-state index in [9.17, 15) is 9.59 Å². The third kappa shape index (κ3) is 6.12. The quantitative estimate of drug-likeness (QED) is 0.313. The lowest BCUT2D eigenvalue weighted by Gasteiger charge is -2.22. The first-order valence-electron chi connectivity index (χ1n) is 12.4. The zero-order valence-electron chi connectivity index (χ0n) is 20.6. The first-order chi connectivity index (χ1) is 18.0. The van der Waals surface area contributed by atoms with E-state index in [2.05, 4.69) is 10.3 Å². The van der Waals surface area contributed by atoms with E-state index in [1.54, 1.807) is 12.1 Å². The van der Waals surface area contributed by atoms with Crippen molar-refractivity contribution in [3.63, 3.8) is 0 Å². The van der Waals surface area contributed by atoms with Gasteiger partial charge in [-0.3, -0.25) is 4.57 Å². The summed E-state index contributed by atoms with van der Waals surface area (Å²) in [6.45, 7) is 3.37. The van der Waals surface area contributed by atoms with Crippen LogP contribution in [0.3, 0.4) is 0 Å². The Labute approximate surface area is 218 Å². The van der Waals surface area contributed by atoms with Crippen LogP contribution in [-0.2, 0) is 22.6 Å². The number of ether oxygens (including phenoxy) is 2. The maximum absolute atomic E-state index is 13.5. The molecule has 9 nitrogen and oxygen atoms in total. The molecule has 0 radical (unpaired) electrons. The molecule has 0 bridgehead atoms. The van der Waals surface area contributed by atoms with Crippen LogP contribution in [0.25, 0.3) is 11.0 Å². The summed E-state index contributed by atoms with van der Waals surface area (Å²) in [5, 5.41) is 4.66. The van der Waals surface area contributed by atoms with Crippen molar-refractivity contribution in [2.75, 3.05) is 18.5 Å². The number of anilines is 2. The van der Waals surface area contributed by atoms with Crippen molar-refractivity contribution in [2.24, 2.45) is 0 Å². The molecule has 0 amide bonds. The van der Waals surface area contributed by atoms with Crippen molar-refractivity contribution >= 4 is 34.2 Å². The lowest BCUT2D eigenvalue weighted by atomic mass is 10.2. The SMILES string of the molecule is Cc1cc2cc(Nc3nc(=O)n(CCCOC4CCCCO4)c(=O)n3Cc3ccc(Cl)cc3)ccc2o1. The molecule has 1 unspecified atom stereocenters. The number of fused-ring (bicyclic) bond motifs is 1. The van der Waals surface area contributed by atoms with Gasteiger partial charge in [-0.1, -0.05) is 23.7 Å². The number of furan rings is 1. The predicted molar refractivity (Wildman–Crippen MR) is 142 cm³/mol. The normalized spacial score (nSPS) is 15.8. The molecule has 1 N–H and O–H groups in total. The predicted octanol–water partition coefficient (Wildman–Crippen LogP) is 4.84. The van der Waals surface area contributed by atoms with Crippen LogP contribution >= 0.6 is 11.6 Å². The van der Waals surface area contributed by atoms with Gasteiger partial charge in [-0.2, -0.15) is 4.98 Å². The summed E-state index contributed by atoms with van der Waals surface area (Å²) in [6, 6.07) is 14.7. The summed E-state index contributed by atoms with van der Waals surface area (Å²) in [7, 11) is 0. The lowest BCUT2D eigenvalue weighted by molar-refractivity contribution is -0.163. The van der Waals surface area contributed by atoms with Gasteiger partial charge in [0.1, 0.15) is 11.3 Å². The standard InChI is InChI=1S/C27H29ClN4O5/c1-18-15-20-16-22(10-11-23(20)37-18)29-25-30-26(33)31(12-4-14-36-24-5-2-3-13-35-24)27(34)32(25)17-19-6-8-21(28)9-7-19/h6-11,15-16,24H,2-5,12-14,17H2,1H3,(H,29,30,33). The zero-order valence-corrected chi connectivity index (χ0v) is 21.4. The monoisotopic (exact) mass is 524 g/mol. The third-order valence-electron chi connectivity index (χ3n) is 6.27. The van der Waals surface area contributed by atoms with Crippen molar-refractivity contribution in [2.45, 2.75) is 52.0 Å². The number of halogens is 1. The van der Waals surface area contributed by atoms with Gasteiger partial charge in [-0.05, 0) is 74.6 Å². The summed E-state index contributed by atoms with van der Waals surface area (Å²) in [6.07, 6.45) is 3.25. The molecule has 4 aromatic rings. The van der Waals surface area contributed by atoms with Gasteiger partial charge in [0.2, 0.25) is 5.95 Å². The van der Waals surface area contributed by atoms with Gasteiger partial charge in [-0.15, -0.1) is 0 Å². The van der Waals surface area contributed by atoms with Crippen molar-refractivity contribution < 1.29 is 13.9 Å². The first kappa shape index (κ1) is 25.3. The molecule has 1 atom stereocenters. The third-order valence-corrected chi connectivity index (χ3v) is 6.52. The number of hydrogen-bond acceptors (Lipinski definition) is 7. The van der Waals surface area contributed by atoms with Crippen molar-refractivity contribution in [3.05, 3.63) is 85.8 Å². The van der Waals surface area contributed by atoms with Crippen LogP contribution in [0.5, 0.6) is 0 Å². The molecule has 0 aliphatic carbocycles. The maximum atomic E-state index is 13.5. The molecule has 2 aromatic carbocycles. The summed E-state index contributed by atoms with van der Waals surface area (Å²) in [4.78, 5) is 30.7. The van der Waals surface area contributed by atoms with E-state index >= 15 is 0 Å². The highest BCUT2D eigenvalue weighted by Gasteiger charge is 2.16. The minimum Gasteiger partial charge on any atom is -0.461 e. The number of nitrogens with zero attached hydrogens (tertiary/aromatic N) is 3. The van der Waals surface area contributed by atoms with Gasteiger partial charge in [0.05, 0.1) is 13.2 Å². The molecule has 0 spiro atoms. The Kier molecular flexibility index (Phi) is 7.73. The Morgan fingerprint density at radius 3 is 2.73 bits per heavy atom. The van der Waals surface area contributed by atoms with Crippen LogP contribution < -0.4 is 16.7 Å². The molecule has 2 aromatic heterocycles. The number of nitrogens with one attached hydrogen (secondary N) is 1. The van der Waals surface area contributed by atoms with Crippen LogP contribution in [0.15, 0.2) is 62.5 Å². The summed E-state index contributed by atoms with van der Waals surface area (Å²) in [5.41, 5.74) is 1.22. The Bertz CT molecular complexity index is 1490. The molecule has 1 fully saturated rings. The largest absolute Gasteiger partial charge is 0.461 e. The Balaban J connectivity index is 1.41. The van der Waals surface area contributed by atoms with E-state index < -0.39 is 11.4 Å². The van der Waals surface area contributed by atoms with E-state index in [0.29, 0.717) is 30.3 Å². The second kappa shape index (κ2) is 11.3. The highest BCUT2D eigenvalue weighted by Crippen LogP contribution is 2.24. The average Bonchev–Trinajstić information content (AvgIpc) is 3.27. The Hall–Kier alpha value is -3.40. The van der Waals surface area contributed by atoms with E-state index in [4.69, 9.17) is 25.5 Å². The van der Waals surface area contributed by atoms with Crippen molar-refractivity contribution in [3.8, 4) is 0 Å². The second-order valence-electron chi connectivity index (χ2n) is 9.12. The molecule has 1 aliphatic rings. The molecule has 194 valence electrons. The number of hydrogen-bond donors (Lipinski definition) is 1. The van der Waals surface area contributed by atoms with Gasteiger partial charge in [0.25, 0.3) is 0 Å². The molecule has 37 heavy (non-hydrogen) atoms. The minimum atomic E-state index is -0.617. The maximum Gasteiger partial charge on any atom is 0.354 e. The van der Waals surface area contributed by atoms with Gasteiger partial charge >= 0.3 is 11.4 Å². The fourth-order valence-corrected chi connectivity index (χ4v) is 4.52. The Morgan fingerprint density at radius 1 is 1.11 bits per heavy atom. The first-order valence-corrected chi connectivity index (χ1v) is 12.8. The summed E-state index contributed by atoms with van der Waals surface area (Å²) >= 11 is 6.04. The number of aryl methyl sites for hydroxylation is 1. The molecule has 5 rings (SSSR count). The molecule has 10 heteroatoms. The number of aromatic nitrogens is 3. The summed E-state index contributed by atoms with van der Waals surface area (Å²) < 4.78 is 19.6. The number of benzene rings is 2. The van der Waals surface area contributed by atoms with Crippen LogP contribution in [0.1, 0.15) is 37.0 Å². The van der Waals surface area contributed by atoms with Crippen molar-refractivity contribution in [1.82, 2.24) is 14.1 Å². The molecular weight excluding hydrogens is 496 g/mol. The Morgan fingerprint density at radius 2 is 1.95 bits per heavy atom. The van der Waals surface area contributed by atoms with E-state index in [1.165, 1.54) is 4.57 Å². The highest BCUT2D eigenvalue weighted by atomic mass is 35.5. The smallest absolute Gasteiger partial charge is 0.354 e. The minimum absolute atomic E-state index is 0.160. The van der Waals surface area contributed by atoms with Gasteiger partial charge in [0.15, 0.2) is 6.29 Å². The molecular formula is C27H29ClN4O5. The van der Waals surface area contributed by atoms with E-state index in [1.807, 2.05) is 43.3 Å². The average molecular weight is 525 g/mol. The highest BCUT2D eigenvalue weighted by molar-refractivity contribution is 6.30. The van der Waals surface area contributed by atoms with Gasteiger partial charge in [0, 0.05) is 29.2 Å². The number of rotatable bonds is 9. The molecule has 0 saturated carbocycles. The van der Waals surface area contributed by atoms with Crippen LogP contribution in [0.2, 0.25) is 5.02 Å². The fraction of sp³-hybridized carbons (Fsp3) is 0.370. The van der Waals surface area contributed by atoms with Gasteiger partial charge in [-0.25, -0.2) is 14.2 Å². The topological polar surface area (TPSA) is 101 Å². The second-order valence-corrected chi connectivity index (χ2v) is 9.56. The summed E-state index contributed by atoms with van der Waals surface area (Å²) in [5.74, 6) is 0.958. The van der Waals surface area contributed by atoms with Crippen LogP contribution in [-0.4, -0.2) is 33.6 Å². The van der Waals surface area contributed by atoms with E-state index in [0.717, 1.165) is 46.1 Å². The molecule has 1 saturated heterocycles. The molecule has 1 aliphatic heterocycles. The molecule has 3 heterocycles. The van der Waals surface area contributed by atoms with Crippen LogP contribution in [0, 0.1) is 6.92 Å². The van der Waals surface area contributed by atoms with Gasteiger partial charge < -0.3 is 19.2 Å². The lowest BCUT2D eigenvalue weighted by Crippen LogP contribution is -2.43.